The van der Waals surface area contributed by atoms with Crippen molar-refractivity contribution in [3.05, 3.63) is 29.9 Å². The molecule has 0 saturated heterocycles. The van der Waals surface area contributed by atoms with Crippen molar-refractivity contribution >= 4 is 17.7 Å². The summed E-state index contributed by atoms with van der Waals surface area (Å²) in [6.45, 7) is 0. The van der Waals surface area contributed by atoms with E-state index in [1.165, 1.54) is 11.8 Å². The minimum absolute atomic E-state index is 0.294. The molecule has 0 saturated carbocycles. The van der Waals surface area contributed by atoms with Gasteiger partial charge in [0, 0.05) is 18.5 Å². The SMILES string of the molecule is O=C(Oc1ccc[nH]1)C1NC=CS1. The Labute approximate surface area is 79.4 Å². The van der Waals surface area contributed by atoms with Crippen molar-refractivity contribution in [1.29, 1.82) is 0 Å². The molecule has 1 aliphatic rings. The van der Waals surface area contributed by atoms with Crippen molar-refractivity contribution in [3.63, 3.8) is 0 Å². The number of aromatic nitrogens is 1. The molecule has 2 N–H and O–H groups in total. The molecular weight excluding hydrogens is 188 g/mol. The molecule has 1 aromatic heterocycles. The van der Waals surface area contributed by atoms with Crippen LogP contribution in [0.1, 0.15) is 0 Å². The van der Waals surface area contributed by atoms with Gasteiger partial charge in [0.05, 0.1) is 0 Å². The van der Waals surface area contributed by atoms with Crippen molar-refractivity contribution in [2.75, 3.05) is 0 Å². The summed E-state index contributed by atoms with van der Waals surface area (Å²) < 4.78 is 5.02. The van der Waals surface area contributed by atoms with Crippen LogP contribution in [0.4, 0.5) is 0 Å². The summed E-state index contributed by atoms with van der Waals surface area (Å²) in [5.74, 6) is 0.178. The zero-order chi connectivity index (χ0) is 9.10. The molecule has 1 aromatic rings. The number of hydrogen-bond donors (Lipinski definition) is 2. The summed E-state index contributed by atoms with van der Waals surface area (Å²) in [4.78, 5) is 14.1. The number of carbonyl (C=O) groups excluding carboxylic acids is 1. The van der Waals surface area contributed by atoms with Crippen LogP contribution in [-0.2, 0) is 4.79 Å². The minimum atomic E-state index is -0.316. The molecule has 13 heavy (non-hydrogen) atoms. The monoisotopic (exact) mass is 196 g/mol. The molecule has 0 amide bonds. The first-order valence-electron chi connectivity index (χ1n) is 3.78. The van der Waals surface area contributed by atoms with Gasteiger partial charge in [-0.1, -0.05) is 11.8 Å². The molecule has 4 nitrogen and oxygen atoms in total. The third kappa shape index (κ3) is 1.86. The van der Waals surface area contributed by atoms with Crippen LogP contribution in [0.25, 0.3) is 0 Å². The number of nitrogens with one attached hydrogen (secondary N) is 2. The summed E-state index contributed by atoms with van der Waals surface area (Å²) in [7, 11) is 0. The highest BCUT2D eigenvalue weighted by atomic mass is 32.2. The third-order valence-electron chi connectivity index (χ3n) is 1.52. The molecular formula is C8H8N2O2S. The second-order valence-electron chi connectivity index (χ2n) is 2.44. The van der Waals surface area contributed by atoms with Crippen molar-refractivity contribution < 1.29 is 9.53 Å². The highest BCUT2D eigenvalue weighted by molar-refractivity contribution is 8.03. The number of aromatic amines is 1. The van der Waals surface area contributed by atoms with Gasteiger partial charge in [-0.15, -0.1) is 0 Å². The highest BCUT2D eigenvalue weighted by Gasteiger charge is 2.21. The Hall–Kier alpha value is -1.36. The summed E-state index contributed by atoms with van der Waals surface area (Å²) in [5, 5.41) is 4.37. The molecule has 0 bridgehead atoms. The number of H-pyrrole nitrogens is 1. The fourth-order valence-electron chi connectivity index (χ4n) is 0.947. The van der Waals surface area contributed by atoms with Gasteiger partial charge in [0.1, 0.15) is 0 Å². The number of carbonyl (C=O) groups is 1. The Bertz CT molecular complexity index is 313. The van der Waals surface area contributed by atoms with Crippen LogP contribution in [0.15, 0.2) is 29.9 Å². The van der Waals surface area contributed by atoms with Crippen LogP contribution in [-0.4, -0.2) is 16.3 Å². The molecule has 0 fully saturated rings. The van der Waals surface area contributed by atoms with E-state index in [1.54, 1.807) is 24.5 Å². The van der Waals surface area contributed by atoms with E-state index in [2.05, 4.69) is 10.3 Å². The molecule has 2 rings (SSSR count). The Morgan fingerprint density at radius 2 is 2.54 bits per heavy atom. The molecule has 68 valence electrons. The maximum atomic E-state index is 11.3. The lowest BCUT2D eigenvalue weighted by Gasteiger charge is -2.07. The third-order valence-corrected chi connectivity index (χ3v) is 2.42. The molecule has 1 aliphatic heterocycles. The van der Waals surface area contributed by atoms with Crippen molar-refractivity contribution in [2.45, 2.75) is 5.37 Å². The maximum Gasteiger partial charge on any atom is 0.346 e. The summed E-state index contributed by atoms with van der Waals surface area (Å²) in [6, 6.07) is 3.47. The minimum Gasteiger partial charge on any atom is -0.407 e. The Balaban J connectivity index is 1.92. The zero-order valence-electron chi connectivity index (χ0n) is 6.69. The van der Waals surface area contributed by atoms with Gasteiger partial charge < -0.3 is 15.0 Å². The fraction of sp³-hybridized carbons (Fsp3) is 0.125. The van der Waals surface area contributed by atoms with Gasteiger partial charge in [0.15, 0.2) is 5.37 Å². The molecule has 0 radical (unpaired) electrons. The summed E-state index contributed by atoms with van der Waals surface area (Å²) >= 11 is 1.39. The fourth-order valence-corrected chi connectivity index (χ4v) is 1.58. The molecule has 5 heteroatoms. The number of hydrogen-bond acceptors (Lipinski definition) is 4. The molecule has 2 heterocycles. The zero-order valence-corrected chi connectivity index (χ0v) is 7.51. The van der Waals surface area contributed by atoms with Crippen LogP contribution >= 0.6 is 11.8 Å². The summed E-state index contributed by atoms with van der Waals surface area (Å²) in [6.07, 6.45) is 3.43. The second kappa shape index (κ2) is 3.57. The van der Waals surface area contributed by atoms with E-state index in [0.717, 1.165) is 0 Å². The van der Waals surface area contributed by atoms with Gasteiger partial charge in [-0.2, -0.15) is 0 Å². The maximum absolute atomic E-state index is 11.3. The van der Waals surface area contributed by atoms with Gasteiger partial charge in [-0.25, -0.2) is 4.79 Å². The van der Waals surface area contributed by atoms with Gasteiger partial charge >= 0.3 is 5.97 Å². The Morgan fingerprint density at radius 3 is 3.15 bits per heavy atom. The summed E-state index contributed by atoms with van der Waals surface area (Å²) in [5.41, 5.74) is 0. The van der Waals surface area contributed by atoms with Crippen LogP contribution in [0.5, 0.6) is 5.88 Å². The lowest BCUT2D eigenvalue weighted by molar-refractivity contribution is -0.134. The van der Waals surface area contributed by atoms with Crippen LogP contribution in [0.3, 0.4) is 0 Å². The first-order valence-corrected chi connectivity index (χ1v) is 4.72. The molecule has 0 aliphatic carbocycles. The number of rotatable bonds is 2. The van der Waals surface area contributed by atoms with E-state index in [4.69, 9.17) is 4.74 Å². The van der Waals surface area contributed by atoms with Gasteiger partial charge in [0.2, 0.25) is 5.88 Å². The van der Waals surface area contributed by atoms with Gasteiger partial charge in [-0.3, -0.25) is 0 Å². The predicted molar refractivity (Wildman–Crippen MR) is 50.1 cm³/mol. The first kappa shape index (κ1) is 8.25. The topological polar surface area (TPSA) is 54.1 Å². The lowest BCUT2D eigenvalue weighted by atomic mass is 10.6. The van der Waals surface area contributed by atoms with Crippen molar-refractivity contribution in [3.8, 4) is 5.88 Å². The number of thioether (sulfide) groups is 1. The van der Waals surface area contributed by atoms with Crippen LogP contribution < -0.4 is 10.1 Å². The van der Waals surface area contributed by atoms with E-state index in [0.29, 0.717) is 5.88 Å². The van der Waals surface area contributed by atoms with E-state index < -0.39 is 0 Å². The van der Waals surface area contributed by atoms with Crippen LogP contribution in [0, 0.1) is 0 Å². The van der Waals surface area contributed by atoms with Crippen LogP contribution in [0.2, 0.25) is 0 Å². The molecule has 1 unspecified atom stereocenters. The quantitative estimate of drug-likeness (QED) is 0.694. The first-order chi connectivity index (χ1) is 6.36. The van der Waals surface area contributed by atoms with E-state index in [-0.39, 0.29) is 11.3 Å². The van der Waals surface area contributed by atoms with Gasteiger partial charge in [0.25, 0.3) is 0 Å². The van der Waals surface area contributed by atoms with Gasteiger partial charge in [-0.05, 0) is 11.5 Å². The Kier molecular flexibility index (Phi) is 2.27. The normalized spacial score (nSPS) is 19.8. The predicted octanol–water partition coefficient (Wildman–Crippen LogP) is 1.05. The average molecular weight is 196 g/mol. The number of ether oxygens (including phenoxy) is 1. The Morgan fingerprint density at radius 1 is 1.62 bits per heavy atom. The van der Waals surface area contributed by atoms with E-state index in [1.807, 2.05) is 5.41 Å². The lowest BCUT2D eigenvalue weighted by Crippen LogP contribution is -2.30. The average Bonchev–Trinajstić information content (AvgIpc) is 2.74. The molecule has 0 spiro atoms. The smallest absolute Gasteiger partial charge is 0.346 e. The second-order valence-corrected chi connectivity index (χ2v) is 3.46. The highest BCUT2D eigenvalue weighted by Crippen LogP contribution is 2.17. The van der Waals surface area contributed by atoms with Crippen molar-refractivity contribution in [1.82, 2.24) is 10.3 Å². The number of esters is 1. The van der Waals surface area contributed by atoms with E-state index in [9.17, 15) is 4.79 Å². The standard InChI is InChI=1S/C8H8N2O2S/c11-8(7-10-4-5-13-7)12-6-2-1-3-9-6/h1-5,7,9-10H. The van der Waals surface area contributed by atoms with Crippen molar-refractivity contribution in [2.24, 2.45) is 0 Å². The molecule has 1 atom stereocenters. The molecule has 0 aromatic carbocycles. The largest absolute Gasteiger partial charge is 0.407 e. The van der Waals surface area contributed by atoms with E-state index >= 15 is 0 Å².